The van der Waals surface area contributed by atoms with Crippen molar-refractivity contribution in [1.82, 2.24) is 25.0 Å². The number of nitrogens with zero attached hydrogens (tertiary/aromatic N) is 4. The third kappa shape index (κ3) is 4.24. The molecule has 10 nitrogen and oxygen atoms in total. The summed E-state index contributed by atoms with van der Waals surface area (Å²) in [6, 6.07) is 6.36. The maximum atomic E-state index is 12.2. The van der Waals surface area contributed by atoms with Crippen molar-refractivity contribution >= 4 is 31.9 Å². The van der Waals surface area contributed by atoms with Gasteiger partial charge in [0.05, 0.1) is 14.6 Å². The third-order valence-electron chi connectivity index (χ3n) is 4.97. The molecule has 31 heavy (non-hydrogen) atoms. The van der Waals surface area contributed by atoms with Crippen molar-refractivity contribution in [2.75, 3.05) is 0 Å². The first-order valence-corrected chi connectivity index (χ1v) is 10.9. The van der Waals surface area contributed by atoms with Gasteiger partial charge in [-0.05, 0) is 62.8 Å². The van der Waals surface area contributed by atoms with Crippen molar-refractivity contribution in [2.24, 2.45) is 0 Å². The highest BCUT2D eigenvalue weighted by Gasteiger charge is 2.22. The standard InChI is InChI=1S/C19H14Br2N6O4/c20-12-5-10(27-19(30)23-18(29)14(8-22)26-27)6-13(21)16(12)31-15-7-11(17(28)25-24-15)9-3-1-2-4-9/h5-7,9H,1-4H2,(H,25,28)(H,23,29,30). The molecule has 0 saturated heterocycles. The van der Waals surface area contributed by atoms with Crippen LogP contribution in [0.25, 0.3) is 5.69 Å². The van der Waals surface area contributed by atoms with Crippen molar-refractivity contribution in [3.63, 3.8) is 0 Å². The summed E-state index contributed by atoms with van der Waals surface area (Å²) in [6.45, 7) is 0. The minimum absolute atomic E-state index is 0.191. The highest BCUT2D eigenvalue weighted by Crippen LogP contribution is 2.39. The van der Waals surface area contributed by atoms with Crippen molar-refractivity contribution < 1.29 is 4.74 Å². The molecule has 2 aromatic heterocycles. The van der Waals surface area contributed by atoms with Crippen molar-refractivity contribution in [1.29, 1.82) is 5.26 Å². The van der Waals surface area contributed by atoms with E-state index in [9.17, 15) is 14.4 Å². The summed E-state index contributed by atoms with van der Waals surface area (Å²) in [5.41, 5.74) is -1.37. The lowest BCUT2D eigenvalue weighted by Crippen LogP contribution is -2.33. The van der Waals surface area contributed by atoms with E-state index in [0.717, 1.165) is 30.4 Å². The Labute approximate surface area is 191 Å². The fourth-order valence-electron chi connectivity index (χ4n) is 3.51. The van der Waals surface area contributed by atoms with E-state index in [1.54, 1.807) is 12.1 Å². The molecule has 0 spiro atoms. The van der Waals surface area contributed by atoms with Gasteiger partial charge in [-0.25, -0.2) is 9.89 Å². The number of aromatic amines is 2. The zero-order chi connectivity index (χ0) is 22.1. The van der Waals surface area contributed by atoms with E-state index in [2.05, 4.69) is 47.2 Å². The zero-order valence-corrected chi connectivity index (χ0v) is 19.0. The topological polar surface area (TPSA) is 147 Å². The quantitative estimate of drug-likeness (QED) is 0.508. The summed E-state index contributed by atoms with van der Waals surface area (Å²) < 4.78 is 7.69. The molecule has 4 rings (SSSR count). The Morgan fingerprint density at radius 3 is 2.42 bits per heavy atom. The van der Waals surface area contributed by atoms with Crippen LogP contribution in [0.5, 0.6) is 11.6 Å². The number of halogens is 2. The van der Waals surface area contributed by atoms with E-state index in [1.165, 1.54) is 12.1 Å². The van der Waals surface area contributed by atoms with Gasteiger partial charge < -0.3 is 4.74 Å². The van der Waals surface area contributed by atoms with Gasteiger partial charge in [-0.1, -0.05) is 12.8 Å². The molecule has 1 fully saturated rings. The zero-order valence-electron chi connectivity index (χ0n) is 15.8. The average Bonchev–Trinajstić information content (AvgIpc) is 3.26. The fraction of sp³-hybridized carbons (Fsp3) is 0.263. The van der Waals surface area contributed by atoms with Crippen LogP contribution in [0.4, 0.5) is 0 Å². The molecule has 0 unspecified atom stereocenters. The lowest BCUT2D eigenvalue weighted by molar-refractivity contribution is 0.446. The number of nitriles is 1. The summed E-state index contributed by atoms with van der Waals surface area (Å²) in [5.74, 6) is 0.774. The SMILES string of the molecule is N#Cc1nn(-c2cc(Br)c(Oc3cc(C4CCCC4)c(=O)[nH]n3)c(Br)c2)c(=O)[nH]c1=O. The Morgan fingerprint density at radius 2 is 1.77 bits per heavy atom. The molecule has 158 valence electrons. The van der Waals surface area contributed by atoms with Crippen LogP contribution in [-0.4, -0.2) is 25.0 Å². The molecule has 2 N–H and O–H groups in total. The summed E-state index contributed by atoms with van der Waals surface area (Å²) in [5, 5.41) is 19.2. The Hall–Kier alpha value is -3.04. The Kier molecular flexibility index (Phi) is 5.88. The molecule has 0 atom stereocenters. The van der Waals surface area contributed by atoms with E-state index >= 15 is 0 Å². The second-order valence-corrected chi connectivity index (χ2v) is 8.65. The van der Waals surface area contributed by atoms with Gasteiger partial charge in [0.2, 0.25) is 11.6 Å². The summed E-state index contributed by atoms with van der Waals surface area (Å²) in [7, 11) is 0. The fourth-order valence-corrected chi connectivity index (χ4v) is 4.84. The molecule has 1 aromatic carbocycles. The predicted octanol–water partition coefficient (Wildman–Crippen LogP) is 2.85. The van der Waals surface area contributed by atoms with Crippen molar-refractivity contribution in [3.8, 4) is 23.4 Å². The minimum Gasteiger partial charge on any atom is -0.435 e. The van der Waals surface area contributed by atoms with Gasteiger partial charge in [-0.15, -0.1) is 10.2 Å². The van der Waals surface area contributed by atoms with Gasteiger partial charge in [0, 0.05) is 11.6 Å². The van der Waals surface area contributed by atoms with Crippen molar-refractivity contribution in [3.05, 3.63) is 69.6 Å². The average molecular weight is 550 g/mol. The van der Waals surface area contributed by atoms with Crippen LogP contribution < -0.4 is 21.5 Å². The number of rotatable bonds is 4. The molecule has 1 aliphatic carbocycles. The summed E-state index contributed by atoms with van der Waals surface area (Å²) in [6.07, 6.45) is 4.10. The molecule has 2 heterocycles. The number of nitrogens with one attached hydrogen (secondary N) is 2. The van der Waals surface area contributed by atoms with Crippen LogP contribution >= 0.6 is 31.9 Å². The van der Waals surface area contributed by atoms with E-state index in [4.69, 9.17) is 10.00 Å². The minimum atomic E-state index is -0.857. The maximum absolute atomic E-state index is 12.2. The molecule has 12 heteroatoms. The van der Waals surface area contributed by atoms with Crippen LogP contribution in [0.3, 0.4) is 0 Å². The Morgan fingerprint density at radius 1 is 1.10 bits per heavy atom. The lowest BCUT2D eigenvalue weighted by atomic mass is 10.00. The highest BCUT2D eigenvalue weighted by molar-refractivity contribution is 9.11. The number of hydrogen-bond donors (Lipinski definition) is 2. The molecule has 0 aliphatic heterocycles. The number of aromatic nitrogens is 5. The van der Waals surface area contributed by atoms with Gasteiger partial charge in [0.25, 0.3) is 11.1 Å². The first kappa shape index (κ1) is 21.2. The molecule has 3 aromatic rings. The molecule has 0 amide bonds. The van der Waals surface area contributed by atoms with Gasteiger partial charge in [-0.3, -0.25) is 14.6 Å². The first-order chi connectivity index (χ1) is 14.9. The second-order valence-electron chi connectivity index (χ2n) is 6.94. The van der Waals surface area contributed by atoms with Crippen LogP contribution in [-0.2, 0) is 0 Å². The van der Waals surface area contributed by atoms with Gasteiger partial charge >= 0.3 is 5.69 Å². The monoisotopic (exact) mass is 548 g/mol. The number of H-pyrrole nitrogens is 2. The Bertz CT molecular complexity index is 1360. The largest absolute Gasteiger partial charge is 0.435 e. The number of ether oxygens (including phenoxy) is 1. The molecule has 1 saturated carbocycles. The van der Waals surface area contributed by atoms with Gasteiger partial charge in [-0.2, -0.15) is 9.94 Å². The highest BCUT2D eigenvalue weighted by atomic mass is 79.9. The first-order valence-electron chi connectivity index (χ1n) is 9.28. The third-order valence-corrected chi connectivity index (χ3v) is 6.15. The predicted molar refractivity (Wildman–Crippen MR) is 117 cm³/mol. The van der Waals surface area contributed by atoms with E-state index in [0.29, 0.717) is 20.3 Å². The van der Waals surface area contributed by atoms with Crippen LogP contribution in [0.15, 0.2) is 41.5 Å². The normalized spacial score (nSPS) is 13.8. The number of hydrogen-bond acceptors (Lipinski definition) is 7. The molecule has 0 bridgehead atoms. The second kappa shape index (κ2) is 8.60. The molecule has 1 aliphatic rings. The number of benzene rings is 1. The van der Waals surface area contributed by atoms with Crippen LogP contribution in [0, 0.1) is 11.3 Å². The van der Waals surface area contributed by atoms with E-state index < -0.39 is 16.9 Å². The Balaban J connectivity index is 1.70. The van der Waals surface area contributed by atoms with Crippen LogP contribution in [0.2, 0.25) is 0 Å². The summed E-state index contributed by atoms with van der Waals surface area (Å²) >= 11 is 6.78. The van der Waals surface area contributed by atoms with E-state index in [1.807, 2.05) is 4.98 Å². The smallest absolute Gasteiger partial charge is 0.349 e. The summed E-state index contributed by atoms with van der Waals surface area (Å²) in [4.78, 5) is 37.9. The molecular weight excluding hydrogens is 536 g/mol. The van der Waals surface area contributed by atoms with Crippen LogP contribution in [0.1, 0.15) is 42.9 Å². The van der Waals surface area contributed by atoms with Gasteiger partial charge in [0.1, 0.15) is 6.07 Å². The maximum Gasteiger partial charge on any atom is 0.349 e. The van der Waals surface area contributed by atoms with Gasteiger partial charge in [0.15, 0.2) is 5.75 Å². The molecule has 0 radical (unpaired) electrons. The van der Waals surface area contributed by atoms with E-state index in [-0.39, 0.29) is 23.0 Å². The molecular formula is C19H14Br2N6O4. The van der Waals surface area contributed by atoms with Crippen molar-refractivity contribution in [2.45, 2.75) is 31.6 Å². The lowest BCUT2D eigenvalue weighted by Gasteiger charge is -2.13.